The average molecular weight is 355 g/mol. The lowest BCUT2D eigenvalue weighted by Crippen LogP contribution is -2.30. The summed E-state index contributed by atoms with van der Waals surface area (Å²) in [4.78, 5) is 12.3. The fourth-order valence-corrected chi connectivity index (χ4v) is 2.49. The summed E-state index contributed by atoms with van der Waals surface area (Å²) >= 11 is 0. The van der Waals surface area contributed by atoms with Crippen LogP contribution in [0.3, 0.4) is 0 Å². The van der Waals surface area contributed by atoms with Gasteiger partial charge >= 0.3 is 0 Å². The zero-order valence-electron chi connectivity index (χ0n) is 16.0. The van der Waals surface area contributed by atoms with Gasteiger partial charge in [-0.05, 0) is 61.7 Å². The van der Waals surface area contributed by atoms with E-state index in [9.17, 15) is 4.79 Å². The summed E-state index contributed by atoms with van der Waals surface area (Å²) in [5.74, 6) is 1.34. The Morgan fingerprint density at radius 2 is 1.62 bits per heavy atom. The molecule has 4 nitrogen and oxygen atoms in total. The Kier molecular flexibility index (Phi) is 8.00. The molecule has 140 valence electrons. The summed E-state index contributed by atoms with van der Waals surface area (Å²) in [5, 5.41) is 2.87. The number of benzene rings is 2. The first-order valence-corrected chi connectivity index (χ1v) is 9.41. The minimum atomic E-state index is -0.576. The van der Waals surface area contributed by atoms with E-state index < -0.39 is 6.10 Å². The Morgan fingerprint density at radius 3 is 2.23 bits per heavy atom. The number of nitrogens with one attached hydrogen (secondary N) is 1. The lowest BCUT2D eigenvalue weighted by Gasteiger charge is -2.15. The first kappa shape index (κ1) is 19.8. The molecule has 0 aromatic heterocycles. The molecule has 1 amide bonds. The Labute approximate surface area is 156 Å². The van der Waals surface area contributed by atoms with Gasteiger partial charge in [-0.15, -0.1) is 0 Å². The topological polar surface area (TPSA) is 47.6 Å². The fraction of sp³-hybridized carbons (Fsp3) is 0.409. The van der Waals surface area contributed by atoms with Crippen LogP contribution >= 0.6 is 0 Å². The van der Waals surface area contributed by atoms with Gasteiger partial charge in [-0.25, -0.2) is 0 Å². The monoisotopic (exact) mass is 355 g/mol. The molecule has 0 saturated heterocycles. The molecular formula is C22H29NO3. The summed E-state index contributed by atoms with van der Waals surface area (Å²) in [6.45, 7) is 6.74. The van der Waals surface area contributed by atoms with Gasteiger partial charge in [-0.3, -0.25) is 4.79 Å². The quantitative estimate of drug-likeness (QED) is 0.594. The van der Waals surface area contributed by atoms with E-state index in [2.05, 4.69) is 19.2 Å². The number of hydrogen-bond donors (Lipinski definition) is 1. The number of aryl methyl sites for hydroxylation is 1. The van der Waals surface area contributed by atoms with Crippen LogP contribution in [0.4, 0.5) is 5.69 Å². The van der Waals surface area contributed by atoms with Crippen molar-refractivity contribution in [3.63, 3.8) is 0 Å². The van der Waals surface area contributed by atoms with E-state index in [1.165, 1.54) is 5.56 Å². The maximum absolute atomic E-state index is 12.3. The standard InChI is InChI=1S/C22H29NO3/c1-4-6-16-25-20-14-10-19(11-15-20)23-22(24)17(3)26-21-12-8-18(7-5-2)9-13-21/h8-15,17H,4-7,16H2,1-3H3,(H,23,24). The molecular weight excluding hydrogens is 326 g/mol. The highest BCUT2D eigenvalue weighted by Gasteiger charge is 2.15. The van der Waals surface area contributed by atoms with E-state index >= 15 is 0 Å². The van der Waals surface area contributed by atoms with Crippen molar-refractivity contribution in [1.82, 2.24) is 0 Å². The number of hydrogen-bond acceptors (Lipinski definition) is 3. The van der Waals surface area contributed by atoms with Gasteiger partial charge in [0.15, 0.2) is 6.10 Å². The van der Waals surface area contributed by atoms with Crippen LogP contribution in [0, 0.1) is 0 Å². The summed E-state index contributed by atoms with van der Waals surface area (Å²) in [5.41, 5.74) is 2.00. The van der Waals surface area contributed by atoms with Crippen LogP contribution in [0.2, 0.25) is 0 Å². The first-order chi connectivity index (χ1) is 12.6. The van der Waals surface area contributed by atoms with Gasteiger partial charge in [-0.1, -0.05) is 38.8 Å². The molecule has 0 heterocycles. The van der Waals surface area contributed by atoms with E-state index in [-0.39, 0.29) is 5.91 Å². The number of carbonyl (C=O) groups excluding carboxylic acids is 1. The number of amides is 1. The maximum atomic E-state index is 12.3. The van der Waals surface area contributed by atoms with Crippen LogP contribution in [0.15, 0.2) is 48.5 Å². The van der Waals surface area contributed by atoms with Gasteiger partial charge < -0.3 is 14.8 Å². The third-order valence-electron chi connectivity index (χ3n) is 4.03. The van der Waals surface area contributed by atoms with Gasteiger partial charge in [0.1, 0.15) is 11.5 Å². The van der Waals surface area contributed by atoms with Gasteiger partial charge in [-0.2, -0.15) is 0 Å². The predicted octanol–water partition coefficient (Wildman–Crippen LogP) is 5.22. The molecule has 2 aromatic carbocycles. The number of ether oxygens (including phenoxy) is 2. The lowest BCUT2D eigenvalue weighted by molar-refractivity contribution is -0.122. The number of unbranched alkanes of at least 4 members (excludes halogenated alkanes) is 1. The zero-order chi connectivity index (χ0) is 18.8. The molecule has 26 heavy (non-hydrogen) atoms. The highest BCUT2D eigenvalue weighted by molar-refractivity contribution is 5.94. The van der Waals surface area contributed by atoms with E-state index in [0.29, 0.717) is 12.4 Å². The molecule has 4 heteroatoms. The van der Waals surface area contributed by atoms with E-state index in [1.54, 1.807) is 6.92 Å². The lowest BCUT2D eigenvalue weighted by atomic mass is 10.1. The number of anilines is 1. The highest BCUT2D eigenvalue weighted by Crippen LogP contribution is 2.18. The molecule has 1 unspecified atom stereocenters. The Hall–Kier alpha value is -2.49. The second-order valence-corrected chi connectivity index (χ2v) is 6.37. The molecule has 0 spiro atoms. The highest BCUT2D eigenvalue weighted by atomic mass is 16.5. The van der Waals surface area contributed by atoms with Crippen LogP contribution in [0.25, 0.3) is 0 Å². The van der Waals surface area contributed by atoms with Crippen molar-refractivity contribution in [1.29, 1.82) is 0 Å². The molecule has 0 radical (unpaired) electrons. The predicted molar refractivity (Wildman–Crippen MR) is 106 cm³/mol. The maximum Gasteiger partial charge on any atom is 0.265 e. The fourth-order valence-electron chi connectivity index (χ4n) is 2.49. The molecule has 0 fully saturated rings. The minimum absolute atomic E-state index is 0.178. The molecule has 0 aliphatic heterocycles. The minimum Gasteiger partial charge on any atom is -0.494 e. The Morgan fingerprint density at radius 1 is 0.962 bits per heavy atom. The normalized spacial score (nSPS) is 11.7. The van der Waals surface area contributed by atoms with Crippen molar-refractivity contribution in [3.8, 4) is 11.5 Å². The van der Waals surface area contributed by atoms with Crippen molar-refractivity contribution in [3.05, 3.63) is 54.1 Å². The van der Waals surface area contributed by atoms with Crippen LogP contribution in [-0.4, -0.2) is 18.6 Å². The third-order valence-corrected chi connectivity index (χ3v) is 4.03. The van der Waals surface area contributed by atoms with Gasteiger partial charge in [0, 0.05) is 5.69 Å². The summed E-state index contributed by atoms with van der Waals surface area (Å²) in [7, 11) is 0. The summed E-state index contributed by atoms with van der Waals surface area (Å²) in [6.07, 6.45) is 3.73. The van der Waals surface area contributed by atoms with Gasteiger partial charge in [0.25, 0.3) is 5.91 Å². The zero-order valence-corrected chi connectivity index (χ0v) is 16.0. The van der Waals surface area contributed by atoms with Crippen LogP contribution in [-0.2, 0) is 11.2 Å². The molecule has 1 atom stereocenters. The first-order valence-electron chi connectivity index (χ1n) is 9.41. The van der Waals surface area contributed by atoms with Crippen molar-refractivity contribution in [2.45, 2.75) is 52.6 Å². The van der Waals surface area contributed by atoms with Crippen LogP contribution in [0.1, 0.15) is 45.6 Å². The molecule has 2 rings (SSSR count). The van der Waals surface area contributed by atoms with E-state index in [0.717, 1.165) is 37.1 Å². The average Bonchev–Trinajstić information content (AvgIpc) is 2.65. The molecule has 2 aromatic rings. The number of rotatable bonds is 10. The van der Waals surface area contributed by atoms with Crippen molar-refractivity contribution in [2.24, 2.45) is 0 Å². The smallest absolute Gasteiger partial charge is 0.265 e. The van der Waals surface area contributed by atoms with Crippen molar-refractivity contribution < 1.29 is 14.3 Å². The number of carbonyl (C=O) groups is 1. The van der Waals surface area contributed by atoms with Crippen molar-refractivity contribution in [2.75, 3.05) is 11.9 Å². The summed E-state index contributed by atoms with van der Waals surface area (Å²) in [6, 6.07) is 15.3. The van der Waals surface area contributed by atoms with Gasteiger partial charge in [0.05, 0.1) is 6.61 Å². The molecule has 0 aliphatic carbocycles. The van der Waals surface area contributed by atoms with Gasteiger partial charge in [0.2, 0.25) is 0 Å². The second-order valence-electron chi connectivity index (χ2n) is 6.37. The van der Waals surface area contributed by atoms with E-state index in [4.69, 9.17) is 9.47 Å². The van der Waals surface area contributed by atoms with Crippen molar-refractivity contribution >= 4 is 11.6 Å². The molecule has 0 saturated carbocycles. The third kappa shape index (κ3) is 6.43. The SMILES string of the molecule is CCCCOc1ccc(NC(=O)C(C)Oc2ccc(CCC)cc2)cc1. The van der Waals surface area contributed by atoms with Crippen LogP contribution < -0.4 is 14.8 Å². The summed E-state index contributed by atoms with van der Waals surface area (Å²) < 4.78 is 11.4. The Balaban J connectivity index is 1.84. The molecule has 1 N–H and O–H groups in total. The van der Waals surface area contributed by atoms with E-state index in [1.807, 2.05) is 48.5 Å². The molecule has 0 aliphatic rings. The largest absolute Gasteiger partial charge is 0.494 e. The van der Waals surface area contributed by atoms with Crippen LogP contribution in [0.5, 0.6) is 11.5 Å². The molecule has 0 bridgehead atoms. The second kappa shape index (κ2) is 10.5. The Bertz CT molecular complexity index is 665.